The van der Waals surface area contributed by atoms with Gasteiger partial charge in [0.05, 0.1) is 12.7 Å². The van der Waals surface area contributed by atoms with Crippen LogP contribution in [0.25, 0.3) is 0 Å². The zero-order valence-corrected chi connectivity index (χ0v) is 11.0. The third kappa shape index (κ3) is 1.94. The molecule has 2 aromatic carbocycles. The summed E-state index contributed by atoms with van der Waals surface area (Å²) in [5.74, 6) is -1.48. The first kappa shape index (κ1) is 12.7. The Hall–Kier alpha value is -2.33. The van der Waals surface area contributed by atoms with E-state index in [9.17, 15) is 9.90 Å². The number of carbonyl (C=O) groups excluding carboxylic acids is 1. The van der Waals surface area contributed by atoms with Crippen molar-refractivity contribution < 1.29 is 19.4 Å². The van der Waals surface area contributed by atoms with Crippen LogP contribution in [0.5, 0.6) is 5.75 Å². The van der Waals surface area contributed by atoms with Crippen LogP contribution in [0.4, 0.5) is 0 Å². The highest BCUT2D eigenvalue weighted by Gasteiger charge is 2.44. The van der Waals surface area contributed by atoms with E-state index in [1.165, 1.54) is 0 Å². The van der Waals surface area contributed by atoms with Gasteiger partial charge in [0.15, 0.2) is 0 Å². The molecule has 102 valence electrons. The quantitative estimate of drug-likeness (QED) is 0.869. The number of aliphatic hydroxyl groups is 1. The number of hydrogen-bond donors (Lipinski definition) is 1. The number of fused-ring (bicyclic) bond motifs is 1. The van der Waals surface area contributed by atoms with Crippen molar-refractivity contribution in [2.45, 2.75) is 12.2 Å². The number of methoxy groups -OCH3 is 1. The van der Waals surface area contributed by atoms with Gasteiger partial charge in [-0.15, -0.1) is 0 Å². The number of cyclic esters (lactones) is 1. The molecule has 1 atom stereocenters. The number of carbonyl (C=O) groups is 1. The number of hydrogen-bond acceptors (Lipinski definition) is 4. The second kappa shape index (κ2) is 4.65. The number of benzene rings is 2. The van der Waals surface area contributed by atoms with Crippen LogP contribution in [0.1, 0.15) is 21.5 Å². The van der Waals surface area contributed by atoms with E-state index >= 15 is 0 Å². The Balaban J connectivity index is 2.01. The molecule has 0 spiro atoms. The summed E-state index contributed by atoms with van der Waals surface area (Å²) in [6.45, 7) is 0. The minimum Gasteiger partial charge on any atom is -0.496 e. The second-order valence-electron chi connectivity index (χ2n) is 4.71. The number of ether oxygens (including phenoxy) is 2. The van der Waals surface area contributed by atoms with Crippen LogP contribution < -0.4 is 4.74 Å². The first-order chi connectivity index (χ1) is 9.64. The Morgan fingerprint density at radius 1 is 1.15 bits per heavy atom. The van der Waals surface area contributed by atoms with Crippen molar-refractivity contribution in [3.63, 3.8) is 0 Å². The maximum absolute atomic E-state index is 11.8. The van der Waals surface area contributed by atoms with E-state index in [1.54, 1.807) is 37.4 Å². The van der Waals surface area contributed by atoms with Crippen molar-refractivity contribution in [2.24, 2.45) is 0 Å². The Bertz CT molecular complexity index is 665. The average molecular weight is 270 g/mol. The van der Waals surface area contributed by atoms with Crippen LogP contribution in [0.15, 0.2) is 48.5 Å². The summed E-state index contributed by atoms with van der Waals surface area (Å²) in [4.78, 5) is 11.8. The molecule has 0 aromatic heterocycles. The number of rotatable bonds is 3. The lowest BCUT2D eigenvalue weighted by atomic mass is 9.96. The summed E-state index contributed by atoms with van der Waals surface area (Å²) in [5.41, 5.74) is 1.68. The summed E-state index contributed by atoms with van der Waals surface area (Å²) >= 11 is 0. The third-order valence-corrected chi connectivity index (χ3v) is 3.45. The minimum absolute atomic E-state index is 0.153. The van der Waals surface area contributed by atoms with E-state index in [2.05, 4.69) is 0 Å². The smallest absolute Gasteiger partial charge is 0.341 e. The van der Waals surface area contributed by atoms with E-state index in [-0.39, 0.29) is 6.42 Å². The molecule has 20 heavy (non-hydrogen) atoms. The summed E-state index contributed by atoms with van der Waals surface area (Å²) in [6, 6.07) is 14.2. The van der Waals surface area contributed by atoms with Crippen molar-refractivity contribution in [1.29, 1.82) is 0 Å². The van der Waals surface area contributed by atoms with Gasteiger partial charge in [0, 0.05) is 17.5 Å². The van der Waals surface area contributed by atoms with Gasteiger partial charge in [-0.25, -0.2) is 4.79 Å². The maximum atomic E-state index is 11.8. The van der Waals surface area contributed by atoms with E-state index < -0.39 is 11.8 Å². The molecule has 1 aliphatic heterocycles. The fraction of sp³-hybridized carbons (Fsp3) is 0.188. The Morgan fingerprint density at radius 3 is 2.65 bits per heavy atom. The fourth-order valence-corrected chi connectivity index (χ4v) is 2.50. The van der Waals surface area contributed by atoms with Crippen LogP contribution in [-0.2, 0) is 16.9 Å². The van der Waals surface area contributed by atoms with Crippen molar-refractivity contribution in [1.82, 2.24) is 0 Å². The highest BCUT2D eigenvalue weighted by molar-refractivity contribution is 5.94. The molecule has 1 N–H and O–H groups in total. The van der Waals surface area contributed by atoms with Crippen LogP contribution in [0.3, 0.4) is 0 Å². The predicted molar refractivity (Wildman–Crippen MR) is 72.5 cm³/mol. The molecule has 0 aliphatic carbocycles. The van der Waals surface area contributed by atoms with E-state index in [4.69, 9.17) is 9.47 Å². The zero-order valence-electron chi connectivity index (χ0n) is 11.0. The van der Waals surface area contributed by atoms with Gasteiger partial charge in [0.1, 0.15) is 5.75 Å². The van der Waals surface area contributed by atoms with Gasteiger partial charge >= 0.3 is 5.97 Å². The topological polar surface area (TPSA) is 55.8 Å². The molecule has 0 bridgehead atoms. The van der Waals surface area contributed by atoms with E-state index in [0.717, 1.165) is 5.56 Å². The molecule has 0 fully saturated rings. The SMILES string of the molecule is COc1ccccc1CC1(O)OC(=O)c2ccccc21. The summed E-state index contributed by atoms with van der Waals surface area (Å²) in [6.07, 6.45) is 0.153. The van der Waals surface area contributed by atoms with Gasteiger partial charge in [-0.1, -0.05) is 36.4 Å². The lowest BCUT2D eigenvalue weighted by Gasteiger charge is -2.23. The normalized spacial score (nSPS) is 20.4. The number of para-hydroxylation sites is 1. The van der Waals surface area contributed by atoms with Crippen LogP contribution >= 0.6 is 0 Å². The average Bonchev–Trinajstić information content (AvgIpc) is 2.72. The second-order valence-corrected chi connectivity index (χ2v) is 4.71. The van der Waals surface area contributed by atoms with Crippen molar-refractivity contribution in [3.8, 4) is 5.75 Å². The van der Waals surface area contributed by atoms with Crippen molar-refractivity contribution in [3.05, 3.63) is 65.2 Å². The highest BCUT2D eigenvalue weighted by atomic mass is 16.7. The molecule has 4 heteroatoms. The molecule has 1 aliphatic rings. The molecule has 2 aromatic rings. The third-order valence-electron chi connectivity index (χ3n) is 3.45. The molecular formula is C16H14O4. The molecule has 0 saturated heterocycles. The van der Waals surface area contributed by atoms with Gasteiger partial charge in [-0.05, 0) is 12.1 Å². The standard InChI is InChI=1S/C16H14O4/c1-19-14-9-5-2-6-11(14)10-16(18)13-8-4-3-7-12(13)15(17)20-16/h2-9,18H,10H2,1H3. The molecule has 0 saturated carbocycles. The number of esters is 1. The molecule has 3 rings (SSSR count). The van der Waals surface area contributed by atoms with Crippen LogP contribution in [0.2, 0.25) is 0 Å². The van der Waals surface area contributed by atoms with Crippen molar-refractivity contribution >= 4 is 5.97 Å². The fourth-order valence-electron chi connectivity index (χ4n) is 2.50. The van der Waals surface area contributed by atoms with Crippen LogP contribution in [0, 0.1) is 0 Å². The lowest BCUT2D eigenvalue weighted by Crippen LogP contribution is -2.28. The zero-order chi connectivity index (χ0) is 14.2. The Kier molecular flexibility index (Phi) is 2.95. The largest absolute Gasteiger partial charge is 0.496 e. The van der Waals surface area contributed by atoms with Crippen molar-refractivity contribution in [2.75, 3.05) is 7.11 Å². The van der Waals surface area contributed by atoms with Crippen LogP contribution in [-0.4, -0.2) is 18.2 Å². The van der Waals surface area contributed by atoms with Gasteiger partial charge in [-0.3, -0.25) is 0 Å². The van der Waals surface area contributed by atoms with E-state index in [0.29, 0.717) is 16.9 Å². The van der Waals surface area contributed by atoms with Gasteiger partial charge in [0.2, 0.25) is 5.79 Å². The first-order valence-electron chi connectivity index (χ1n) is 6.31. The molecule has 4 nitrogen and oxygen atoms in total. The Morgan fingerprint density at radius 2 is 1.85 bits per heavy atom. The lowest BCUT2D eigenvalue weighted by molar-refractivity contribution is -0.161. The monoisotopic (exact) mass is 270 g/mol. The molecule has 0 amide bonds. The summed E-state index contributed by atoms with van der Waals surface area (Å²) < 4.78 is 10.4. The molecule has 0 radical (unpaired) electrons. The summed E-state index contributed by atoms with van der Waals surface area (Å²) in [7, 11) is 1.57. The van der Waals surface area contributed by atoms with E-state index in [1.807, 2.05) is 18.2 Å². The highest BCUT2D eigenvalue weighted by Crippen LogP contribution is 2.38. The molecular weight excluding hydrogens is 256 g/mol. The Labute approximate surface area is 116 Å². The molecule has 1 heterocycles. The van der Waals surface area contributed by atoms with Gasteiger partial charge in [-0.2, -0.15) is 0 Å². The van der Waals surface area contributed by atoms with Gasteiger partial charge < -0.3 is 14.6 Å². The summed E-state index contributed by atoms with van der Waals surface area (Å²) in [5, 5.41) is 10.7. The minimum atomic E-state index is -1.64. The predicted octanol–water partition coefficient (Wildman–Crippen LogP) is 2.25. The molecule has 1 unspecified atom stereocenters. The first-order valence-corrected chi connectivity index (χ1v) is 6.31. The van der Waals surface area contributed by atoms with Gasteiger partial charge in [0.25, 0.3) is 0 Å². The maximum Gasteiger partial charge on any atom is 0.341 e.